The average molecular weight is 225 g/mol. The zero-order valence-electron chi connectivity index (χ0n) is 10.3. The topological polar surface area (TPSA) is 41.6 Å². The van der Waals surface area contributed by atoms with Crippen LogP contribution in [-0.2, 0) is 5.41 Å². The molecule has 0 atom stereocenters. The first kappa shape index (κ1) is 11.4. The SMILES string of the molecule is CC(C)(C)c1c(C#N)cnn1-c1ccccc1. The molecule has 17 heavy (non-hydrogen) atoms. The van der Waals surface area contributed by atoms with Crippen molar-refractivity contribution in [1.82, 2.24) is 9.78 Å². The van der Waals surface area contributed by atoms with Gasteiger partial charge in [0.05, 0.1) is 23.1 Å². The van der Waals surface area contributed by atoms with Crippen LogP contribution in [0.15, 0.2) is 36.5 Å². The third-order valence-corrected chi connectivity index (χ3v) is 2.60. The van der Waals surface area contributed by atoms with Crippen LogP contribution in [0.3, 0.4) is 0 Å². The molecule has 1 heterocycles. The fourth-order valence-corrected chi connectivity index (χ4v) is 1.92. The van der Waals surface area contributed by atoms with E-state index in [2.05, 4.69) is 31.9 Å². The predicted octanol–water partition coefficient (Wildman–Crippen LogP) is 3.04. The molecule has 3 nitrogen and oxygen atoms in total. The van der Waals surface area contributed by atoms with Gasteiger partial charge in [0.15, 0.2) is 0 Å². The Kier molecular flexibility index (Phi) is 2.72. The second-order valence-corrected chi connectivity index (χ2v) is 5.02. The van der Waals surface area contributed by atoms with E-state index in [9.17, 15) is 0 Å². The monoisotopic (exact) mass is 225 g/mol. The molecule has 1 aromatic heterocycles. The molecule has 0 radical (unpaired) electrons. The Balaban J connectivity index is 2.65. The van der Waals surface area contributed by atoms with E-state index in [0.29, 0.717) is 5.56 Å². The molecule has 0 aliphatic rings. The third kappa shape index (κ3) is 2.07. The number of benzene rings is 1. The lowest BCUT2D eigenvalue weighted by molar-refractivity contribution is 0.542. The van der Waals surface area contributed by atoms with E-state index < -0.39 is 0 Å². The minimum Gasteiger partial charge on any atom is -0.236 e. The summed E-state index contributed by atoms with van der Waals surface area (Å²) < 4.78 is 1.85. The van der Waals surface area contributed by atoms with E-state index in [-0.39, 0.29) is 5.41 Å². The van der Waals surface area contributed by atoms with Crippen molar-refractivity contribution in [1.29, 1.82) is 5.26 Å². The fraction of sp³-hybridized carbons (Fsp3) is 0.286. The number of nitrogens with zero attached hydrogens (tertiary/aromatic N) is 3. The van der Waals surface area contributed by atoms with Crippen molar-refractivity contribution in [3.05, 3.63) is 47.8 Å². The molecule has 0 spiro atoms. The normalized spacial score (nSPS) is 11.2. The van der Waals surface area contributed by atoms with Gasteiger partial charge in [-0.15, -0.1) is 0 Å². The summed E-state index contributed by atoms with van der Waals surface area (Å²) in [4.78, 5) is 0. The van der Waals surface area contributed by atoms with Crippen molar-refractivity contribution >= 4 is 0 Å². The van der Waals surface area contributed by atoms with E-state index in [1.807, 2.05) is 35.0 Å². The molecule has 2 rings (SSSR count). The zero-order valence-corrected chi connectivity index (χ0v) is 10.3. The van der Waals surface area contributed by atoms with Crippen LogP contribution in [0, 0.1) is 11.3 Å². The van der Waals surface area contributed by atoms with Crippen LogP contribution in [0.2, 0.25) is 0 Å². The molecule has 0 saturated carbocycles. The van der Waals surface area contributed by atoms with Crippen molar-refractivity contribution in [2.24, 2.45) is 0 Å². The second kappa shape index (κ2) is 4.06. The average Bonchev–Trinajstić information content (AvgIpc) is 2.73. The van der Waals surface area contributed by atoms with Gasteiger partial charge in [0.2, 0.25) is 0 Å². The Hall–Kier alpha value is -2.08. The molecule has 1 aromatic carbocycles. The molecule has 86 valence electrons. The minimum absolute atomic E-state index is 0.114. The molecule has 0 unspecified atom stereocenters. The highest BCUT2D eigenvalue weighted by atomic mass is 15.3. The van der Waals surface area contributed by atoms with Crippen LogP contribution in [0.5, 0.6) is 0 Å². The summed E-state index contributed by atoms with van der Waals surface area (Å²) in [7, 11) is 0. The highest BCUT2D eigenvalue weighted by Gasteiger charge is 2.24. The van der Waals surface area contributed by atoms with Gasteiger partial charge in [-0.25, -0.2) is 4.68 Å². The van der Waals surface area contributed by atoms with Crippen LogP contribution in [0.25, 0.3) is 5.69 Å². The lowest BCUT2D eigenvalue weighted by Gasteiger charge is -2.21. The minimum atomic E-state index is -0.114. The van der Waals surface area contributed by atoms with Crippen LogP contribution in [-0.4, -0.2) is 9.78 Å². The summed E-state index contributed by atoms with van der Waals surface area (Å²) in [6.07, 6.45) is 1.63. The maximum Gasteiger partial charge on any atom is 0.103 e. The number of aromatic nitrogens is 2. The van der Waals surface area contributed by atoms with Gasteiger partial charge in [0.1, 0.15) is 6.07 Å². The summed E-state index contributed by atoms with van der Waals surface area (Å²) in [5, 5.41) is 13.5. The Morgan fingerprint density at radius 2 is 1.82 bits per heavy atom. The lowest BCUT2D eigenvalue weighted by Crippen LogP contribution is -2.18. The number of hydrogen-bond acceptors (Lipinski definition) is 2. The Bertz CT molecular complexity index is 553. The zero-order chi connectivity index (χ0) is 12.5. The maximum atomic E-state index is 9.14. The molecule has 0 aliphatic heterocycles. The molecule has 3 heteroatoms. The largest absolute Gasteiger partial charge is 0.236 e. The van der Waals surface area contributed by atoms with Crippen LogP contribution < -0.4 is 0 Å². The maximum absolute atomic E-state index is 9.14. The molecule has 0 bridgehead atoms. The van der Waals surface area contributed by atoms with Gasteiger partial charge < -0.3 is 0 Å². The van der Waals surface area contributed by atoms with E-state index in [1.165, 1.54) is 0 Å². The van der Waals surface area contributed by atoms with E-state index in [1.54, 1.807) is 6.20 Å². The quantitative estimate of drug-likeness (QED) is 0.748. The summed E-state index contributed by atoms with van der Waals surface area (Å²) in [5.74, 6) is 0. The highest BCUT2D eigenvalue weighted by molar-refractivity contribution is 5.42. The van der Waals surface area contributed by atoms with Crippen LogP contribution in [0.1, 0.15) is 32.0 Å². The van der Waals surface area contributed by atoms with Crippen molar-refractivity contribution in [3.8, 4) is 11.8 Å². The molecule has 0 aliphatic carbocycles. The molecule has 0 amide bonds. The Labute approximate surface area is 101 Å². The Morgan fingerprint density at radius 1 is 1.18 bits per heavy atom. The van der Waals surface area contributed by atoms with Crippen LogP contribution in [0.4, 0.5) is 0 Å². The highest BCUT2D eigenvalue weighted by Crippen LogP contribution is 2.27. The molecular weight excluding hydrogens is 210 g/mol. The second-order valence-electron chi connectivity index (χ2n) is 5.02. The van der Waals surface area contributed by atoms with Gasteiger partial charge in [0.25, 0.3) is 0 Å². The number of hydrogen-bond donors (Lipinski definition) is 0. The van der Waals surface area contributed by atoms with Gasteiger partial charge >= 0.3 is 0 Å². The van der Waals surface area contributed by atoms with Gasteiger partial charge in [-0.1, -0.05) is 39.0 Å². The van der Waals surface area contributed by atoms with Gasteiger partial charge in [-0.3, -0.25) is 0 Å². The lowest BCUT2D eigenvalue weighted by atomic mass is 9.89. The van der Waals surface area contributed by atoms with Crippen molar-refractivity contribution in [2.45, 2.75) is 26.2 Å². The standard InChI is InChI=1S/C14H15N3/c1-14(2,3)13-11(9-15)10-16-17(13)12-7-5-4-6-8-12/h4-8,10H,1-3H3. The fourth-order valence-electron chi connectivity index (χ4n) is 1.92. The molecule has 0 fully saturated rings. The number of nitriles is 1. The van der Waals surface area contributed by atoms with E-state index in [4.69, 9.17) is 5.26 Å². The molecule has 0 saturated heterocycles. The summed E-state index contributed by atoms with van der Waals surface area (Å²) in [6.45, 7) is 6.26. The first-order valence-corrected chi connectivity index (χ1v) is 5.58. The third-order valence-electron chi connectivity index (χ3n) is 2.60. The van der Waals surface area contributed by atoms with Crippen molar-refractivity contribution in [3.63, 3.8) is 0 Å². The first-order valence-electron chi connectivity index (χ1n) is 5.58. The molecule has 0 N–H and O–H groups in total. The van der Waals surface area contributed by atoms with Gasteiger partial charge in [0, 0.05) is 5.41 Å². The molecule has 2 aromatic rings. The van der Waals surface area contributed by atoms with Gasteiger partial charge in [-0.05, 0) is 12.1 Å². The summed E-state index contributed by atoms with van der Waals surface area (Å²) in [5.41, 5.74) is 2.46. The van der Waals surface area contributed by atoms with Crippen molar-refractivity contribution in [2.75, 3.05) is 0 Å². The van der Waals surface area contributed by atoms with E-state index >= 15 is 0 Å². The summed E-state index contributed by atoms with van der Waals surface area (Å²) in [6, 6.07) is 12.1. The first-order chi connectivity index (χ1) is 8.04. The number of para-hydroxylation sites is 1. The number of rotatable bonds is 1. The Morgan fingerprint density at radius 3 is 2.35 bits per heavy atom. The molecular formula is C14H15N3. The van der Waals surface area contributed by atoms with Gasteiger partial charge in [-0.2, -0.15) is 10.4 Å². The van der Waals surface area contributed by atoms with Crippen molar-refractivity contribution < 1.29 is 0 Å². The van der Waals surface area contributed by atoms with E-state index in [0.717, 1.165) is 11.4 Å². The van der Waals surface area contributed by atoms with Crippen LogP contribution >= 0.6 is 0 Å². The predicted molar refractivity (Wildman–Crippen MR) is 67.0 cm³/mol. The smallest absolute Gasteiger partial charge is 0.103 e. The summed E-state index contributed by atoms with van der Waals surface area (Å²) >= 11 is 0.